The van der Waals surface area contributed by atoms with Crippen LogP contribution in [0.3, 0.4) is 0 Å². The fourth-order valence-corrected chi connectivity index (χ4v) is 1.95. The molecule has 4 nitrogen and oxygen atoms in total. The van der Waals surface area contributed by atoms with E-state index in [4.69, 9.17) is 0 Å². The minimum absolute atomic E-state index is 0.846. The molecule has 19 heavy (non-hydrogen) atoms. The van der Waals surface area contributed by atoms with Crippen molar-refractivity contribution < 1.29 is 0 Å². The molecular formula is C15H22N4. The van der Waals surface area contributed by atoms with Crippen LogP contribution in [-0.4, -0.2) is 41.8 Å². The van der Waals surface area contributed by atoms with E-state index in [9.17, 15) is 0 Å². The number of benzene rings is 1. The van der Waals surface area contributed by atoms with Crippen molar-refractivity contribution in [2.24, 2.45) is 0 Å². The summed E-state index contributed by atoms with van der Waals surface area (Å²) >= 11 is 0. The van der Waals surface area contributed by atoms with Gasteiger partial charge in [-0.25, -0.2) is 0 Å². The molecule has 0 radical (unpaired) electrons. The second kappa shape index (κ2) is 7.07. The smallest absolute Gasteiger partial charge is 0.0695 e. The molecule has 0 bridgehead atoms. The third-order valence-electron chi connectivity index (χ3n) is 3.31. The van der Waals surface area contributed by atoms with Crippen molar-refractivity contribution in [3.05, 3.63) is 42.1 Å². The molecule has 2 aromatic rings. The van der Waals surface area contributed by atoms with E-state index in [1.54, 1.807) is 0 Å². The molecule has 1 aromatic heterocycles. The highest BCUT2D eigenvalue weighted by atomic mass is 15.1. The van der Waals surface area contributed by atoms with E-state index < -0.39 is 0 Å². The lowest BCUT2D eigenvalue weighted by Gasteiger charge is -2.13. The van der Waals surface area contributed by atoms with Crippen LogP contribution >= 0.6 is 0 Å². The Balaban J connectivity index is 1.90. The molecule has 1 aromatic carbocycles. The molecule has 2 N–H and O–H groups in total. The lowest BCUT2D eigenvalue weighted by Crippen LogP contribution is -2.28. The first-order valence-electron chi connectivity index (χ1n) is 6.78. The molecule has 0 fully saturated rings. The van der Waals surface area contributed by atoms with Gasteiger partial charge in [-0.3, -0.25) is 5.10 Å². The summed E-state index contributed by atoms with van der Waals surface area (Å²) < 4.78 is 0. The summed E-state index contributed by atoms with van der Waals surface area (Å²) in [6.45, 7) is 6.16. The van der Waals surface area contributed by atoms with Gasteiger partial charge < -0.3 is 10.2 Å². The van der Waals surface area contributed by atoms with Gasteiger partial charge in [0.15, 0.2) is 0 Å². The van der Waals surface area contributed by atoms with E-state index in [0.29, 0.717) is 0 Å². The van der Waals surface area contributed by atoms with Crippen LogP contribution in [0.25, 0.3) is 11.3 Å². The van der Waals surface area contributed by atoms with Gasteiger partial charge in [0.1, 0.15) is 0 Å². The zero-order chi connectivity index (χ0) is 13.5. The predicted octanol–water partition coefficient (Wildman–Crippen LogP) is 2.12. The Morgan fingerprint density at radius 3 is 2.79 bits per heavy atom. The number of aromatic nitrogens is 2. The van der Waals surface area contributed by atoms with Gasteiger partial charge in [0.25, 0.3) is 0 Å². The molecule has 2 rings (SSSR count). The number of nitrogens with zero attached hydrogens (tertiary/aromatic N) is 2. The van der Waals surface area contributed by atoms with E-state index >= 15 is 0 Å². The molecule has 0 saturated carbocycles. The second-order valence-electron chi connectivity index (χ2n) is 4.71. The van der Waals surface area contributed by atoms with Crippen LogP contribution in [0.2, 0.25) is 0 Å². The SMILES string of the molecule is CCN(C)CCNCc1cn[nH]c1-c1ccccc1. The Morgan fingerprint density at radius 1 is 1.26 bits per heavy atom. The molecule has 4 heteroatoms. The highest BCUT2D eigenvalue weighted by Crippen LogP contribution is 2.20. The summed E-state index contributed by atoms with van der Waals surface area (Å²) in [5.74, 6) is 0. The van der Waals surface area contributed by atoms with Crippen molar-refractivity contribution in [2.45, 2.75) is 13.5 Å². The number of nitrogens with one attached hydrogen (secondary N) is 2. The summed E-state index contributed by atoms with van der Waals surface area (Å²) in [7, 11) is 2.13. The first kappa shape index (κ1) is 13.8. The minimum Gasteiger partial charge on any atom is -0.311 e. The van der Waals surface area contributed by atoms with Crippen LogP contribution < -0.4 is 5.32 Å². The zero-order valence-electron chi connectivity index (χ0n) is 11.7. The summed E-state index contributed by atoms with van der Waals surface area (Å²) in [4.78, 5) is 2.29. The summed E-state index contributed by atoms with van der Waals surface area (Å²) in [5, 5.41) is 10.7. The van der Waals surface area contributed by atoms with Crippen molar-refractivity contribution in [3.8, 4) is 11.3 Å². The molecule has 0 spiro atoms. The fraction of sp³-hybridized carbons (Fsp3) is 0.400. The Bertz CT molecular complexity index is 478. The number of likely N-dealkylation sites (N-methyl/N-ethyl adjacent to an activating group) is 1. The first-order chi connectivity index (χ1) is 9.31. The van der Waals surface area contributed by atoms with E-state index in [0.717, 1.165) is 31.9 Å². The fourth-order valence-electron chi connectivity index (χ4n) is 1.95. The third kappa shape index (κ3) is 3.91. The molecule has 0 amide bonds. The first-order valence-corrected chi connectivity index (χ1v) is 6.78. The van der Waals surface area contributed by atoms with Gasteiger partial charge in [-0.15, -0.1) is 0 Å². The monoisotopic (exact) mass is 258 g/mol. The standard InChI is InChI=1S/C15H22N4/c1-3-19(2)10-9-16-11-14-12-17-18-15(14)13-7-5-4-6-8-13/h4-8,12,16H,3,9-11H2,1-2H3,(H,17,18). The van der Waals surface area contributed by atoms with Crippen molar-refractivity contribution in [1.29, 1.82) is 0 Å². The van der Waals surface area contributed by atoms with Crippen molar-refractivity contribution in [3.63, 3.8) is 0 Å². The van der Waals surface area contributed by atoms with E-state index in [2.05, 4.69) is 46.5 Å². The predicted molar refractivity (Wildman–Crippen MR) is 78.9 cm³/mol. The van der Waals surface area contributed by atoms with Crippen LogP contribution in [0.5, 0.6) is 0 Å². The van der Waals surface area contributed by atoms with E-state index in [1.165, 1.54) is 11.1 Å². The molecular weight excluding hydrogens is 236 g/mol. The number of hydrogen-bond donors (Lipinski definition) is 2. The molecule has 0 atom stereocenters. The number of aromatic amines is 1. The topological polar surface area (TPSA) is 44.0 Å². The van der Waals surface area contributed by atoms with Crippen LogP contribution in [0, 0.1) is 0 Å². The zero-order valence-corrected chi connectivity index (χ0v) is 11.7. The normalized spacial score (nSPS) is 11.1. The highest BCUT2D eigenvalue weighted by molar-refractivity contribution is 5.62. The van der Waals surface area contributed by atoms with Gasteiger partial charge in [0.05, 0.1) is 11.9 Å². The molecule has 0 aliphatic carbocycles. The third-order valence-corrected chi connectivity index (χ3v) is 3.31. The lowest BCUT2D eigenvalue weighted by molar-refractivity contribution is 0.349. The molecule has 0 unspecified atom stereocenters. The lowest BCUT2D eigenvalue weighted by atomic mass is 10.1. The average molecular weight is 258 g/mol. The van der Waals surface area contributed by atoms with Gasteiger partial charge in [0.2, 0.25) is 0 Å². The van der Waals surface area contributed by atoms with Crippen molar-refractivity contribution in [2.75, 3.05) is 26.7 Å². The second-order valence-corrected chi connectivity index (χ2v) is 4.71. The molecule has 0 aliphatic rings. The largest absolute Gasteiger partial charge is 0.311 e. The van der Waals surface area contributed by atoms with Crippen LogP contribution in [0.4, 0.5) is 0 Å². The van der Waals surface area contributed by atoms with Crippen LogP contribution in [-0.2, 0) is 6.54 Å². The maximum atomic E-state index is 4.15. The van der Waals surface area contributed by atoms with Crippen molar-refractivity contribution in [1.82, 2.24) is 20.4 Å². The van der Waals surface area contributed by atoms with Gasteiger partial charge in [-0.05, 0) is 19.2 Å². The van der Waals surface area contributed by atoms with Crippen LogP contribution in [0.15, 0.2) is 36.5 Å². The van der Waals surface area contributed by atoms with Crippen LogP contribution in [0.1, 0.15) is 12.5 Å². The maximum absolute atomic E-state index is 4.15. The van der Waals surface area contributed by atoms with Gasteiger partial charge >= 0.3 is 0 Å². The van der Waals surface area contributed by atoms with Crippen molar-refractivity contribution >= 4 is 0 Å². The summed E-state index contributed by atoms with van der Waals surface area (Å²) in [6.07, 6.45) is 1.90. The Kier molecular flexibility index (Phi) is 5.12. The van der Waals surface area contributed by atoms with Gasteiger partial charge in [-0.2, -0.15) is 5.10 Å². The Morgan fingerprint density at radius 2 is 2.05 bits per heavy atom. The molecule has 0 saturated heterocycles. The summed E-state index contributed by atoms with van der Waals surface area (Å²) in [5.41, 5.74) is 3.50. The number of hydrogen-bond acceptors (Lipinski definition) is 3. The van der Waals surface area contributed by atoms with E-state index in [-0.39, 0.29) is 0 Å². The molecule has 1 heterocycles. The summed E-state index contributed by atoms with van der Waals surface area (Å²) in [6, 6.07) is 10.3. The number of rotatable bonds is 7. The highest BCUT2D eigenvalue weighted by Gasteiger charge is 2.06. The molecule has 0 aliphatic heterocycles. The quantitative estimate of drug-likeness (QED) is 0.748. The minimum atomic E-state index is 0.846. The van der Waals surface area contributed by atoms with E-state index in [1.807, 2.05) is 24.4 Å². The number of H-pyrrole nitrogens is 1. The molecule has 102 valence electrons. The Hall–Kier alpha value is -1.65. The Labute approximate surface area is 114 Å². The van der Waals surface area contributed by atoms with Gasteiger partial charge in [0, 0.05) is 25.2 Å². The maximum Gasteiger partial charge on any atom is 0.0695 e. The van der Waals surface area contributed by atoms with Gasteiger partial charge in [-0.1, -0.05) is 37.3 Å². The average Bonchev–Trinajstić information content (AvgIpc) is 2.92.